The number of nitrogens with zero attached hydrogens (tertiary/aromatic N) is 5. The first-order valence-electron chi connectivity index (χ1n) is 10.5. The summed E-state index contributed by atoms with van der Waals surface area (Å²) in [7, 11) is 4.21. The molecule has 0 atom stereocenters. The van der Waals surface area contributed by atoms with Gasteiger partial charge in [0, 0.05) is 47.4 Å². The van der Waals surface area contributed by atoms with Crippen LogP contribution in [0.4, 0.5) is 5.69 Å². The van der Waals surface area contributed by atoms with Crippen molar-refractivity contribution in [3.05, 3.63) is 30.5 Å². The summed E-state index contributed by atoms with van der Waals surface area (Å²) in [6.45, 7) is 6.36. The number of likely N-dealkylation sites (N-methyl/N-ethyl adjacent to an activating group) is 1. The van der Waals surface area contributed by atoms with Crippen LogP contribution in [0.15, 0.2) is 40.4 Å². The van der Waals surface area contributed by atoms with Crippen molar-refractivity contribution >= 4 is 28.4 Å². The van der Waals surface area contributed by atoms with Crippen molar-refractivity contribution < 1.29 is 0 Å². The average Bonchev–Trinajstić information content (AvgIpc) is 3.36. The molecule has 152 valence electrons. The third-order valence-corrected chi connectivity index (χ3v) is 6.94. The molecule has 3 aromatic rings. The molecule has 4 heterocycles. The molecule has 2 aliphatic heterocycles. The molecule has 1 aromatic carbocycles. The average molecular weight is 409 g/mol. The van der Waals surface area contributed by atoms with Gasteiger partial charge in [-0.2, -0.15) is 5.10 Å². The van der Waals surface area contributed by atoms with E-state index in [1.807, 2.05) is 12.3 Å². The van der Waals surface area contributed by atoms with E-state index in [1.54, 1.807) is 11.8 Å². The highest BCUT2D eigenvalue weighted by Crippen LogP contribution is 2.49. The van der Waals surface area contributed by atoms with Gasteiger partial charge in [-0.3, -0.25) is 4.68 Å². The molecule has 1 fully saturated rings. The van der Waals surface area contributed by atoms with E-state index in [9.17, 15) is 0 Å². The van der Waals surface area contributed by atoms with Crippen LogP contribution in [-0.4, -0.2) is 71.4 Å². The Morgan fingerprint density at radius 2 is 2.00 bits per heavy atom. The molecule has 0 aliphatic carbocycles. The van der Waals surface area contributed by atoms with Gasteiger partial charge in [-0.25, -0.2) is 4.98 Å². The molecule has 1 N–H and O–H groups in total. The number of pyridine rings is 1. The summed E-state index contributed by atoms with van der Waals surface area (Å²) in [5.41, 5.74) is 4.64. The van der Waals surface area contributed by atoms with Crippen molar-refractivity contribution in [1.82, 2.24) is 24.6 Å². The van der Waals surface area contributed by atoms with Crippen molar-refractivity contribution in [3.63, 3.8) is 0 Å². The number of fused-ring (bicyclic) bond motifs is 2. The summed E-state index contributed by atoms with van der Waals surface area (Å²) < 4.78 is 2.21. The number of anilines is 1. The summed E-state index contributed by atoms with van der Waals surface area (Å²) in [4.78, 5) is 10.6. The fraction of sp³-hybridized carbons (Fsp3) is 0.455. The largest absolute Gasteiger partial charge is 0.383 e. The van der Waals surface area contributed by atoms with E-state index in [1.165, 1.54) is 47.4 Å². The number of nitrogens with one attached hydrogen (secondary N) is 1. The lowest BCUT2D eigenvalue weighted by Crippen LogP contribution is -2.24. The summed E-state index contributed by atoms with van der Waals surface area (Å²) in [6, 6.07) is 8.61. The quantitative estimate of drug-likeness (QED) is 0.504. The van der Waals surface area contributed by atoms with E-state index in [4.69, 9.17) is 5.10 Å². The number of likely N-dealkylation sites (tertiary alicyclic amines) is 1. The van der Waals surface area contributed by atoms with Crippen molar-refractivity contribution in [2.45, 2.75) is 29.3 Å². The van der Waals surface area contributed by atoms with Gasteiger partial charge in [0.15, 0.2) is 0 Å². The minimum atomic E-state index is 0.916. The number of hydrogen-bond donors (Lipinski definition) is 1. The van der Waals surface area contributed by atoms with Gasteiger partial charge in [0.2, 0.25) is 0 Å². The molecule has 0 unspecified atom stereocenters. The standard InChI is InChI=1S/C22H28N6S/c1-26(2)13-10-23-17-7-8-18-19-20(16-6-5-9-24-22(16)29-21(17)19)25-28(18)15-14-27-11-3-4-12-27/h5-9,23H,3-4,10-15H2,1-2H3. The third-order valence-electron chi connectivity index (χ3n) is 5.80. The van der Waals surface area contributed by atoms with Crippen LogP contribution in [0, 0.1) is 0 Å². The summed E-state index contributed by atoms with van der Waals surface area (Å²) in [6.07, 6.45) is 4.53. The predicted molar refractivity (Wildman–Crippen MR) is 120 cm³/mol. The minimum absolute atomic E-state index is 0.916. The molecule has 29 heavy (non-hydrogen) atoms. The maximum absolute atomic E-state index is 5.07. The SMILES string of the molecule is CN(C)CCNc1ccc2c3c(nn2CCN2CCCC2)-c2cccnc2Sc13. The molecule has 2 aromatic heterocycles. The van der Waals surface area contributed by atoms with Crippen LogP contribution in [0.3, 0.4) is 0 Å². The number of hydrogen-bond acceptors (Lipinski definition) is 6. The van der Waals surface area contributed by atoms with E-state index in [-0.39, 0.29) is 0 Å². The lowest BCUT2D eigenvalue weighted by Gasteiger charge is -2.19. The van der Waals surface area contributed by atoms with E-state index in [2.05, 4.69) is 57.1 Å². The lowest BCUT2D eigenvalue weighted by molar-refractivity contribution is 0.318. The van der Waals surface area contributed by atoms with Gasteiger partial charge in [0.05, 0.1) is 12.1 Å². The first-order chi connectivity index (χ1) is 14.2. The minimum Gasteiger partial charge on any atom is -0.383 e. The van der Waals surface area contributed by atoms with E-state index >= 15 is 0 Å². The molecule has 0 spiro atoms. The van der Waals surface area contributed by atoms with Crippen LogP contribution < -0.4 is 5.32 Å². The Labute approximate surface area is 176 Å². The monoisotopic (exact) mass is 408 g/mol. The van der Waals surface area contributed by atoms with Crippen LogP contribution in [-0.2, 0) is 6.54 Å². The zero-order valence-corrected chi connectivity index (χ0v) is 18.0. The number of rotatable bonds is 7. The molecular formula is C22H28N6S. The zero-order valence-electron chi connectivity index (χ0n) is 17.2. The topological polar surface area (TPSA) is 49.2 Å². The highest BCUT2D eigenvalue weighted by Gasteiger charge is 2.27. The molecule has 6 nitrogen and oxygen atoms in total. The molecular weight excluding hydrogens is 380 g/mol. The van der Waals surface area contributed by atoms with E-state index in [0.29, 0.717) is 0 Å². The molecule has 0 amide bonds. The van der Waals surface area contributed by atoms with Crippen LogP contribution in [0.1, 0.15) is 12.8 Å². The van der Waals surface area contributed by atoms with Crippen molar-refractivity contribution in [1.29, 1.82) is 0 Å². The van der Waals surface area contributed by atoms with E-state index < -0.39 is 0 Å². The first-order valence-corrected chi connectivity index (χ1v) is 11.3. The van der Waals surface area contributed by atoms with Crippen LogP contribution in [0.2, 0.25) is 0 Å². The Morgan fingerprint density at radius 1 is 1.14 bits per heavy atom. The number of aromatic nitrogens is 3. The summed E-state index contributed by atoms with van der Waals surface area (Å²) in [5.74, 6) is 0. The molecule has 2 aliphatic rings. The molecule has 0 saturated carbocycles. The van der Waals surface area contributed by atoms with Crippen molar-refractivity contribution in [2.24, 2.45) is 0 Å². The Bertz CT molecular complexity index is 1020. The highest BCUT2D eigenvalue weighted by atomic mass is 32.2. The van der Waals surface area contributed by atoms with Gasteiger partial charge in [0.25, 0.3) is 0 Å². The van der Waals surface area contributed by atoms with Gasteiger partial charge in [-0.05, 0) is 64.3 Å². The molecule has 0 bridgehead atoms. The highest BCUT2D eigenvalue weighted by molar-refractivity contribution is 7.99. The predicted octanol–water partition coefficient (Wildman–Crippen LogP) is 3.63. The Kier molecular flexibility index (Phi) is 5.20. The zero-order chi connectivity index (χ0) is 19.8. The summed E-state index contributed by atoms with van der Waals surface area (Å²) in [5, 5.41) is 11.0. The van der Waals surface area contributed by atoms with Gasteiger partial charge >= 0.3 is 0 Å². The van der Waals surface area contributed by atoms with Crippen molar-refractivity contribution in [3.8, 4) is 11.3 Å². The molecule has 1 saturated heterocycles. The molecule has 0 radical (unpaired) electrons. The maximum Gasteiger partial charge on any atom is 0.110 e. The number of benzene rings is 1. The van der Waals surface area contributed by atoms with Gasteiger partial charge in [-0.1, -0.05) is 11.8 Å². The normalized spacial score (nSPS) is 16.0. The summed E-state index contributed by atoms with van der Waals surface area (Å²) >= 11 is 1.77. The van der Waals surface area contributed by atoms with Crippen LogP contribution in [0.5, 0.6) is 0 Å². The fourth-order valence-corrected chi connectivity index (χ4v) is 5.39. The van der Waals surface area contributed by atoms with Crippen LogP contribution in [0.25, 0.3) is 22.2 Å². The van der Waals surface area contributed by atoms with E-state index in [0.717, 1.165) is 42.5 Å². The Morgan fingerprint density at radius 3 is 2.83 bits per heavy atom. The molecule has 7 heteroatoms. The Hall–Kier alpha value is -2.09. The Balaban J connectivity index is 1.53. The smallest absolute Gasteiger partial charge is 0.110 e. The second kappa shape index (κ2) is 7.97. The van der Waals surface area contributed by atoms with Gasteiger partial charge in [0.1, 0.15) is 10.7 Å². The van der Waals surface area contributed by atoms with Crippen molar-refractivity contribution in [2.75, 3.05) is 52.1 Å². The maximum atomic E-state index is 5.07. The lowest BCUT2D eigenvalue weighted by atomic mass is 10.1. The van der Waals surface area contributed by atoms with Gasteiger partial charge in [-0.15, -0.1) is 0 Å². The van der Waals surface area contributed by atoms with Crippen LogP contribution >= 0.6 is 11.8 Å². The molecule has 5 rings (SSSR count). The van der Waals surface area contributed by atoms with Gasteiger partial charge < -0.3 is 15.1 Å². The fourth-order valence-electron chi connectivity index (χ4n) is 4.25. The second-order valence-corrected chi connectivity index (χ2v) is 9.14. The second-order valence-electron chi connectivity index (χ2n) is 8.15. The first kappa shape index (κ1) is 18.9. The third kappa shape index (κ3) is 3.63.